The maximum atomic E-state index is 6.32. The van der Waals surface area contributed by atoms with Crippen molar-refractivity contribution in [3.8, 4) is 0 Å². The number of benzene rings is 2. The zero-order valence-electron chi connectivity index (χ0n) is 15.4. The monoisotopic (exact) mass is 388 g/mol. The molecule has 2 saturated heterocycles. The summed E-state index contributed by atoms with van der Waals surface area (Å²) in [5, 5.41) is 0. The van der Waals surface area contributed by atoms with E-state index in [1.807, 2.05) is 48.5 Å². The molecule has 27 heavy (non-hydrogen) atoms. The van der Waals surface area contributed by atoms with E-state index in [4.69, 9.17) is 23.7 Å². The van der Waals surface area contributed by atoms with Gasteiger partial charge in [-0.05, 0) is 12.1 Å². The molecule has 2 fully saturated rings. The molecule has 2 heterocycles. The van der Waals surface area contributed by atoms with Crippen molar-refractivity contribution in [1.82, 2.24) is 0 Å². The number of methoxy groups -OCH3 is 2. The lowest BCUT2D eigenvalue weighted by Gasteiger charge is -2.48. The van der Waals surface area contributed by atoms with Crippen LogP contribution >= 0.6 is 11.8 Å². The van der Waals surface area contributed by atoms with Crippen molar-refractivity contribution in [2.45, 2.75) is 41.0 Å². The molecule has 6 atom stereocenters. The third kappa shape index (κ3) is 4.06. The first-order valence-electron chi connectivity index (χ1n) is 9.05. The van der Waals surface area contributed by atoms with Crippen molar-refractivity contribution < 1.29 is 23.7 Å². The Bertz CT molecular complexity index is 713. The van der Waals surface area contributed by atoms with Crippen LogP contribution in [0.25, 0.3) is 0 Å². The SMILES string of the molecule is COC1[C@@H](Sc2ccccc2)OC2COC(c3ccccc3)O[C@H]2[C@@H]1OC. The van der Waals surface area contributed by atoms with E-state index < -0.39 is 6.29 Å². The highest BCUT2D eigenvalue weighted by Crippen LogP contribution is 2.40. The van der Waals surface area contributed by atoms with Crippen LogP contribution < -0.4 is 0 Å². The Hall–Kier alpha value is -1.41. The summed E-state index contributed by atoms with van der Waals surface area (Å²) >= 11 is 1.63. The van der Waals surface area contributed by atoms with Crippen LogP contribution in [0, 0.1) is 0 Å². The summed E-state index contributed by atoms with van der Waals surface area (Å²) in [7, 11) is 3.38. The van der Waals surface area contributed by atoms with Crippen molar-refractivity contribution in [3.05, 3.63) is 66.2 Å². The van der Waals surface area contributed by atoms with Gasteiger partial charge in [0.2, 0.25) is 0 Å². The summed E-state index contributed by atoms with van der Waals surface area (Å²) in [5.74, 6) is 0. The van der Waals surface area contributed by atoms with Crippen molar-refractivity contribution in [1.29, 1.82) is 0 Å². The van der Waals surface area contributed by atoms with E-state index in [1.54, 1.807) is 26.0 Å². The highest BCUT2D eigenvalue weighted by molar-refractivity contribution is 7.99. The number of hydrogen-bond donors (Lipinski definition) is 0. The molecule has 5 nitrogen and oxygen atoms in total. The van der Waals surface area contributed by atoms with Gasteiger partial charge in [-0.2, -0.15) is 0 Å². The molecule has 0 spiro atoms. The lowest BCUT2D eigenvalue weighted by molar-refractivity contribution is -0.323. The zero-order valence-corrected chi connectivity index (χ0v) is 16.2. The van der Waals surface area contributed by atoms with Gasteiger partial charge in [-0.3, -0.25) is 0 Å². The normalized spacial score (nSPS) is 33.4. The van der Waals surface area contributed by atoms with Crippen LogP contribution in [0.5, 0.6) is 0 Å². The first-order valence-corrected chi connectivity index (χ1v) is 9.93. The van der Waals surface area contributed by atoms with E-state index in [-0.39, 0.29) is 29.9 Å². The molecule has 144 valence electrons. The van der Waals surface area contributed by atoms with Gasteiger partial charge >= 0.3 is 0 Å². The Labute approximate surface area is 163 Å². The number of rotatable bonds is 5. The number of fused-ring (bicyclic) bond motifs is 1. The Morgan fingerprint density at radius 3 is 2.19 bits per heavy atom. The van der Waals surface area contributed by atoms with Gasteiger partial charge in [0.1, 0.15) is 29.9 Å². The van der Waals surface area contributed by atoms with Crippen LogP contribution in [0.15, 0.2) is 65.6 Å². The van der Waals surface area contributed by atoms with Gasteiger partial charge in [0.05, 0.1) is 6.61 Å². The Kier molecular flexibility index (Phi) is 6.12. The van der Waals surface area contributed by atoms with Gasteiger partial charge in [0.25, 0.3) is 0 Å². The average molecular weight is 388 g/mol. The molecule has 4 rings (SSSR count). The summed E-state index contributed by atoms with van der Waals surface area (Å²) in [6.45, 7) is 0.451. The molecule has 3 unspecified atom stereocenters. The molecule has 0 radical (unpaired) electrons. The fourth-order valence-electron chi connectivity index (χ4n) is 3.57. The Morgan fingerprint density at radius 1 is 0.852 bits per heavy atom. The summed E-state index contributed by atoms with van der Waals surface area (Å²) in [6.07, 6.45) is -1.39. The molecule has 2 aromatic rings. The molecule has 2 aliphatic rings. The van der Waals surface area contributed by atoms with E-state index in [0.29, 0.717) is 6.61 Å². The molecule has 0 amide bonds. The van der Waals surface area contributed by atoms with Gasteiger partial charge in [-0.15, -0.1) is 0 Å². The fraction of sp³-hybridized carbons (Fsp3) is 0.429. The third-order valence-corrected chi connectivity index (χ3v) is 6.05. The van der Waals surface area contributed by atoms with Crippen LogP contribution in [0.2, 0.25) is 0 Å². The second-order valence-corrected chi connectivity index (χ2v) is 7.72. The maximum Gasteiger partial charge on any atom is 0.184 e. The van der Waals surface area contributed by atoms with E-state index in [9.17, 15) is 0 Å². The van der Waals surface area contributed by atoms with E-state index in [0.717, 1.165) is 10.5 Å². The van der Waals surface area contributed by atoms with Crippen LogP contribution in [-0.4, -0.2) is 50.7 Å². The molecule has 0 N–H and O–H groups in total. The van der Waals surface area contributed by atoms with E-state index in [2.05, 4.69) is 12.1 Å². The van der Waals surface area contributed by atoms with Crippen molar-refractivity contribution in [2.24, 2.45) is 0 Å². The van der Waals surface area contributed by atoms with Crippen LogP contribution in [-0.2, 0) is 23.7 Å². The third-order valence-electron chi connectivity index (χ3n) is 4.90. The number of hydrogen-bond acceptors (Lipinski definition) is 6. The van der Waals surface area contributed by atoms with Gasteiger partial charge in [-0.1, -0.05) is 60.3 Å². The molecule has 0 saturated carbocycles. The van der Waals surface area contributed by atoms with Crippen molar-refractivity contribution in [2.75, 3.05) is 20.8 Å². The molecule has 2 aromatic carbocycles. The van der Waals surface area contributed by atoms with Crippen LogP contribution in [0.3, 0.4) is 0 Å². The average Bonchev–Trinajstić information content (AvgIpc) is 2.73. The maximum absolute atomic E-state index is 6.32. The standard InChI is InChI=1S/C21H24O5S/c1-22-18-17-16(13-24-20(26-17)14-9-5-3-6-10-14)25-21(19(18)23-2)27-15-11-7-4-8-12-15/h3-12,16-21H,13H2,1-2H3/t16?,17-,18+,19?,20?,21-/m1/s1. The molecule has 0 bridgehead atoms. The molecule has 6 heteroatoms. The minimum Gasteiger partial charge on any atom is -0.376 e. The second-order valence-electron chi connectivity index (χ2n) is 6.55. The van der Waals surface area contributed by atoms with Crippen LogP contribution in [0.1, 0.15) is 11.9 Å². The minimum atomic E-state index is -0.426. The molecular weight excluding hydrogens is 364 g/mol. The summed E-state index contributed by atoms with van der Waals surface area (Å²) < 4.78 is 30.1. The van der Waals surface area contributed by atoms with Gasteiger partial charge < -0.3 is 23.7 Å². The predicted molar refractivity (Wildman–Crippen MR) is 103 cm³/mol. The molecule has 0 aliphatic carbocycles. The van der Waals surface area contributed by atoms with Gasteiger partial charge in [-0.25, -0.2) is 0 Å². The van der Waals surface area contributed by atoms with Crippen molar-refractivity contribution >= 4 is 11.8 Å². The predicted octanol–water partition coefficient (Wildman–Crippen LogP) is 3.65. The highest BCUT2D eigenvalue weighted by atomic mass is 32.2. The zero-order chi connectivity index (χ0) is 18.6. The molecule has 2 aliphatic heterocycles. The topological polar surface area (TPSA) is 46.2 Å². The lowest BCUT2D eigenvalue weighted by atomic mass is 9.98. The largest absolute Gasteiger partial charge is 0.376 e. The van der Waals surface area contributed by atoms with Crippen molar-refractivity contribution in [3.63, 3.8) is 0 Å². The summed E-state index contributed by atoms with van der Waals surface area (Å²) in [4.78, 5) is 1.12. The van der Waals surface area contributed by atoms with E-state index >= 15 is 0 Å². The molecular formula is C21H24O5S. The fourth-order valence-corrected chi connectivity index (χ4v) is 4.75. The summed E-state index contributed by atoms with van der Waals surface area (Å²) in [5.41, 5.74) is 0.782. The summed E-state index contributed by atoms with van der Waals surface area (Å²) in [6, 6.07) is 20.1. The van der Waals surface area contributed by atoms with Gasteiger partial charge in [0.15, 0.2) is 6.29 Å². The molecule has 0 aromatic heterocycles. The number of ether oxygens (including phenoxy) is 5. The number of thioether (sulfide) groups is 1. The Balaban J connectivity index is 1.52. The lowest BCUT2D eigenvalue weighted by Crippen LogP contribution is -2.62. The Morgan fingerprint density at radius 2 is 1.52 bits per heavy atom. The highest BCUT2D eigenvalue weighted by Gasteiger charge is 2.50. The smallest absolute Gasteiger partial charge is 0.184 e. The first kappa shape index (κ1) is 18.9. The first-order chi connectivity index (χ1) is 13.3. The minimum absolute atomic E-state index is 0.205. The second kappa shape index (κ2) is 8.73. The van der Waals surface area contributed by atoms with Gasteiger partial charge in [0, 0.05) is 24.7 Å². The quantitative estimate of drug-likeness (QED) is 0.779. The van der Waals surface area contributed by atoms with Crippen LogP contribution in [0.4, 0.5) is 0 Å². The van der Waals surface area contributed by atoms with E-state index in [1.165, 1.54) is 0 Å².